The average molecular weight is 516 g/mol. The van der Waals surface area contributed by atoms with Crippen LogP contribution in [0.3, 0.4) is 0 Å². The second-order valence-corrected chi connectivity index (χ2v) is 9.75. The molecule has 0 amide bonds. The molecule has 0 bridgehead atoms. The molecule has 2 radical (unpaired) electrons. The smallest absolute Gasteiger partial charge is 0.174 e. The van der Waals surface area contributed by atoms with Crippen LogP contribution in [0.5, 0.6) is 0 Å². The normalized spacial score (nSPS) is 12.4. The number of nitrogens with two attached hydrogens (primary N) is 2. The molecule has 0 aliphatic carbocycles. The molecule has 4 N–H and O–H groups in total. The Labute approximate surface area is 231 Å². The molecule has 6 heteroatoms. The lowest BCUT2D eigenvalue weighted by Gasteiger charge is -2.15. The first kappa shape index (κ1) is 28.0. The second-order valence-electron chi connectivity index (χ2n) is 9.75. The largest absolute Gasteiger partial charge is 0.410 e. The van der Waals surface area contributed by atoms with E-state index in [1.54, 1.807) is 24.3 Å². The lowest BCUT2D eigenvalue weighted by Crippen LogP contribution is -2.13. The molecule has 0 spiro atoms. The second kappa shape index (κ2) is 13.1. The topological polar surface area (TPSA) is 52.0 Å². The van der Waals surface area contributed by atoms with Gasteiger partial charge in [0.05, 0.1) is 0 Å². The van der Waals surface area contributed by atoms with Gasteiger partial charge in [0.25, 0.3) is 0 Å². The molecule has 0 aromatic heterocycles. The number of hydrogen-bond acceptors (Lipinski definition) is 2. The van der Waals surface area contributed by atoms with Crippen LogP contribution in [0.1, 0.15) is 39.8 Å². The Morgan fingerprint density at radius 3 is 1.31 bits per heavy atom. The van der Waals surface area contributed by atoms with E-state index in [1.165, 1.54) is 24.3 Å². The highest BCUT2D eigenvalue weighted by Gasteiger charge is 2.13. The molecule has 0 aliphatic heterocycles. The van der Waals surface area contributed by atoms with Gasteiger partial charge in [0.15, 0.2) is 14.6 Å². The summed E-state index contributed by atoms with van der Waals surface area (Å²) < 4.78 is 27.2. The maximum atomic E-state index is 13.6. The van der Waals surface area contributed by atoms with E-state index in [0.29, 0.717) is 11.2 Å². The van der Waals surface area contributed by atoms with Crippen LogP contribution < -0.4 is 11.5 Å². The van der Waals surface area contributed by atoms with Gasteiger partial charge in [-0.15, -0.1) is 0 Å². The van der Waals surface area contributed by atoms with E-state index in [-0.39, 0.29) is 11.6 Å². The molecular weight excluding hydrogens is 484 g/mol. The van der Waals surface area contributed by atoms with Gasteiger partial charge < -0.3 is 11.5 Å². The minimum atomic E-state index is -0.281. The third kappa shape index (κ3) is 7.51. The Hall–Kier alpha value is -4.05. The number of aryl methyl sites for hydroxylation is 2. The van der Waals surface area contributed by atoms with E-state index in [0.717, 1.165) is 63.6 Å². The molecule has 0 fully saturated rings. The van der Waals surface area contributed by atoms with Crippen molar-refractivity contribution in [2.75, 3.05) is 0 Å². The summed E-state index contributed by atoms with van der Waals surface area (Å²) in [6.07, 6.45) is 2.35. The van der Waals surface area contributed by atoms with Crippen molar-refractivity contribution >= 4 is 25.7 Å². The Bertz CT molecular complexity index is 1360. The van der Waals surface area contributed by atoms with Crippen molar-refractivity contribution in [1.29, 1.82) is 0 Å². The average Bonchev–Trinajstić information content (AvgIpc) is 2.91. The Kier molecular flexibility index (Phi) is 9.43. The molecule has 0 saturated carbocycles. The molecule has 39 heavy (non-hydrogen) atoms. The summed E-state index contributed by atoms with van der Waals surface area (Å²) >= 11 is 0. The number of benzene rings is 4. The van der Waals surface area contributed by atoms with E-state index >= 15 is 0 Å². The third-order valence-corrected chi connectivity index (χ3v) is 6.59. The van der Waals surface area contributed by atoms with Gasteiger partial charge >= 0.3 is 0 Å². The minimum absolute atomic E-state index is 0.281. The van der Waals surface area contributed by atoms with Crippen molar-refractivity contribution in [2.45, 2.75) is 32.9 Å². The predicted molar refractivity (Wildman–Crippen MR) is 161 cm³/mol. The molecule has 0 heterocycles. The summed E-state index contributed by atoms with van der Waals surface area (Å²) in [7, 11) is 4.05. The quantitative estimate of drug-likeness (QED) is 0.172. The van der Waals surface area contributed by atoms with Gasteiger partial charge in [0.1, 0.15) is 11.6 Å². The predicted octanol–water partition coefficient (Wildman–Crippen LogP) is 7.27. The standard InChI is InChI=1S/C33H32B2F2N2/c1-22-6-3-8-26(20-22)30(24-10-14-28(36)15-11-24)32(38)34-18-5-19-35-33(39)31(25-12-16-29(37)17-13-25)27-9-4-7-23(2)21-27/h3-4,6-17,20-21H,5,18-19,38-39H2,1-2H3. The first-order chi connectivity index (χ1) is 18.8. The van der Waals surface area contributed by atoms with E-state index in [1.807, 2.05) is 64.8 Å². The lowest BCUT2D eigenvalue weighted by molar-refractivity contribution is 0.627. The number of hydrogen-bond donors (Lipinski definition) is 2. The lowest BCUT2D eigenvalue weighted by atomic mass is 9.61. The fourth-order valence-corrected chi connectivity index (χ4v) is 4.67. The summed E-state index contributed by atoms with van der Waals surface area (Å²) in [5.74, 6) is -0.562. The Morgan fingerprint density at radius 2 is 0.949 bits per heavy atom. The van der Waals surface area contributed by atoms with Crippen molar-refractivity contribution < 1.29 is 8.78 Å². The monoisotopic (exact) mass is 516 g/mol. The number of rotatable bonds is 10. The summed E-state index contributed by atoms with van der Waals surface area (Å²) in [6, 6.07) is 29.1. The van der Waals surface area contributed by atoms with E-state index < -0.39 is 0 Å². The van der Waals surface area contributed by atoms with Gasteiger partial charge in [0, 0.05) is 0 Å². The molecule has 4 rings (SSSR count). The van der Waals surface area contributed by atoms with Crippen LogP contribution in [0.15, 0.2) is 108 Å². The number of halogens is 2. The molecule has 194 valence electrons. The highest BCUT2D eigenvalue weighted by molar-refractivity contribution is 6.49. The van der Waals surface area contributed by atoms with Crippen LogP contribution in [0.4, 0.5) is 8.78 Å². The Morgan fingerprint density at radius 1 is 0.564 bits per heavy atom. The molecule has 2 nitrogen and oxygen atoms in total. The van der Waals surface area contributed by atoms with Crippen LogP contribution in [-0.2, 0) is 0 Å². The van der Waals surface area contributed by atoms with Crippen molar-refractivity contribution in [3.63, 3.8) is 0 Å². The van der Waals surface area contributed by atoms with Crippen LogP contribution >= 0.6 is 0 Å². The van der Waals surface area contributed by atoms with E-state index in [2.05, 4.69) is 12.1 Å². The molecule has 4 aromatic rings. The van der Waals surface area contributed by atoms with Crippen LogP contribution in [0, 0.1) is 25.5 Å². The maximum Gasteiger partial charge on any atom is 0.174 e. The molecule has 0 atom stereocenters. The zero-order valence-electron chi connectivity index (χ0n) is 22.4. The zero-order valence-corrected chi connectivity index (χ0v) is 22.4. The zero-order chi connectivity index (χ0) is 27.8. The fourth-order valence-electron chi connectivity index (χ4n) is 4.67. The van der Waals surface area contributed by atoms with Gasteiger partial charge in [-0.1, -0.05) is 103 Å². The molecule has 4 aromatic carbocycles. The molecular formula is C33H32B2F2N2. The summed E-state index contributed by atoms with van der Waals surface area (Å²) in [5, 5.41) is 0. The van der Waals surface area contributed by atoms with Crippen molar-refractivity contribution in [3.8, 4) is 0 Å². The van der Waals surface area contributed by atoms with Crippen molar-refractivity contribution in [2.24, 2.45) is 11.5 Å². The first-order valence-electron chi connectivity index (χ1n) is 13.1. The van der Waals surface area contributed by atoms with Crippen LogP contribution in [0.2, 0.25) is 12.6 Å². The first-order valence-corrected chi connectivity index (χ1v) is 13.1. The van der Waals surface area contributed by atoms with Crippen LogP contribution in [-0.4, -0.2) is 14.6 Å². The van der Waals surface area contributed by atoms with Gasteiger partial charge in [0.2, 0.25) is 0 Å². The fraction of sp³-hybridized carbons (Fsp3) is 0.152. The SMILES string of the molecule is Cc1cccc(C(=C(N)[B]CCC[B]C(N)=C(c2ccc(F)cc2)c2cccc(C)c2)c2ccc(F)cc2)c1. The van der Waals surface area contributed by atoms with Crippen molar-refractivity contribution in [1.82, 2.24) is 0 Å². The Balaban J connectivity index is 1.49. The minimum Gasteiger partial charge on any atom is -0.410 e. The molecule has 0 aliphatic rings. The maximum absolute atomic E-state index is 13.6. The molecule has 0 saturated heterocycles. The van der Waals surface area contributed by atoms with Gasteiger partial charge in [-0.05, 0) is 82.7 Å². The summed E-state index contributed by atoms with van der Waals surface area (Å²) in [6.45, 7) is 4.08. The van der Waals surface area contributed by atoms with Gasteiger partial charge in [-0.3, -0.25) is 0 Å². The highest BCUT2D eigenvalue weighted by atomic mass is 19.1. The highest BCUT2D eigenvalue weighted by Crippen LogP contribution is 2.28. The van der Waals surface area contributed by atoms with Crippen molar-refractivity contribution in [3.05, 3.63) is 153 Å². The van der Waals surface area contributed by atoms with Gasteiger partial charge in [-0.25, -0.2) is 8.78 Å². The summed E-state index contributed by atoms with van der Waals surface area (Å²) in [5.41, 5.74) is 22.3. The van der Waals surface area contributed by atoms with Gasteiger partial charge in [-0.2, -0.15) is 0 Å². The van der Waals surface area contributed by atoms with E-state index in [9.17, 15) is 8.78 Å². The summed E-state index contributed by atoms with van der Waals surface area (Å²) in [4.78, 5) is 0. The van der Waals surface area contributed by atoms with E-state index in [4.69, 9.17) is 11.5 Å². The molecule has 0 unspecified atom stereocenters. The van der Waals surface area contributed by atoms with Crippen LogP contribution in [0.25, 0.3) is 11.1 Å². The third-order valence-electron chi connectivity index (χ3n) is 6.59.